The van der Waals surface area contributed by atoms with E-state index in [1.807, 2.05) is 36.7 Å². The van der Waals surface area contributed by atoms with Gasteiger partial charge in [-0.25, -0.2) is 0 Å². The van der Waals surface area contributed by atoms with Gasteiger partial charge in [-0.1, -0.05) is 15.9 Å². The highest BCUT2D eigenvalue weighted by atomic mass is 79.9. The Kier molecular flexibility index (Phi) is 4.76. The van der Waals surface area contributed by atoms with Crippen molar-refractivity contribution in [3.63, 3.8) is 0 Å². The van der Waals surface area contributed by atoms with Crippen LogP contribution in [0.4, 0.5) is 0 Å². The van der Waals surface area contributed by atoms with Crippen LogP contribution in [0.25, 0.3) is 0 Å². The van der Waals surface area contributed by atoms with Gasteiger partial charge < -0.3 is 4.74 Å². The Morgan fingerprint density at radius 1 is 1.40 bits per heavy atom. The first kappa shape index (κ1) is 15.4. The van der Waals surface area contributed by atoms with E-state index >= 15 is 0 Å². The predicted molar refractivity (Wildman–Crippen MR) is 85.8 cm³/mol. The Bertz CT molecular complexity index is 623. The summed E-state index contributed by atoms with van der Waals surface area (Å²) in [6.07, 6.45) is 0. The third-order valence-electron chi connectivity index (χ3n) is 3.41. The van der Waals surface area contributed by atoms with Crippen molar-refractivity contribution >= 4 is 27.5 Å². The molecular formula is C15H18BrClN2O. The third kappa shape index (κ3) is 3.01. The summed E-state index contributed by atoms with van der Waals surface area (Å²) in [5, 5.41) is 4.56. The third-order valence-corrected chi connectivity index (χ3v) is 4.40. The Morgan fingerprint density at radius 3 is 2.65 bits per heavy atom. The Hall–Kier alpha value is -1.00. The van der Waals surface area contributed by atoms with Crippen LogP contribution in [-0.2, 0) is 6.54 Å². The van der Waals surface area contributed by atoms with Crippen molar-refractivity contribution in [1.82, 2.24) is 9.78 Å². The lowest BCUT2D eigenvalue weighted by Gasteiger charge is -2.10. The summed E-state index contributed by atoms with van der Waals surface area (Å²) < 4.78 is 8.31. The average Bonchev–Trinajstić information content (AvgIpc) is 2.67. The zero-order valence-electron chi connectivity index (χ0n) is 12.1. The molecule has 2 rings (SSSR count). The van der Waals surface area contributed by atoms with Crippen molar-refractivity contribution < 1.29 is 4.74 Å². The van der Waals surface area contributed by atoms with E-state index in [0.717, 1.165) is 32.7 Å². The molecule has 1 aromatic heterocycles. The first-order chi connectivity index (χ1) is 9.43. The van der Waals surface area contributed by atoms with Crippen molar-refractivity contribution in [3.05, 3.63) is 45.2 Å². The van der Waals surface area contributed by atoms with Crippen LogP contribution in [0.5, 0.6) is 5.75 Å². The van der Waals surface area contributed by atoms with Gasteiger partial charge in [0.05, 0.1) is 24.7 Å². The maximum Gasteiger partial charge on any atom is 0.119 e. The molecule has 5 heteroatoms. The molecule has 0 bridgehead atoms. The van der Waals surface area contributed by atoms with Crippen LogP contribution in [0, 0.1) is 13.8 Å². The van der Waals surface area contributed by atoms with E-state index < -0.39 is 0 Å². The minimum atomic E-state index is -0.0301. The van der Waals surface area contributed by atoms with Gasteiger partial charge in [-0.05, 0) is 44.5 Å². The van der Waals surface area contributed by atoms with E-state index in [9.17, 15) is 0 Å². The molecule has 1 atom stereocenters. The zero-order chi connectivity index (χ0) is 14.9. The standard InChI is InChI=1S/C15H18BrClN2O/c1-9(17)15-10(2)18-19(11(15)3)8-12-7-13(20-4)5-6-14(12)16/h5-7,9H,8H2,1-4H3. The molecule has 3 nitrogen and oxygen atoms in total. The minimum absolute atomic E-state index is 0.0301. The number of aromatic nitrogens is 2. The van der Waals surface area contributed by atoms with E-state index in [0.29, 0.717) is 6.54 Å². The predicted octanol–water partition coefficient (Wildman–Crippen LogP) is 4.62. The van der Waals surface area contributed by atoms with Crippen LogP contribution in [-0.4, -0.2) is 16.9 Å². The lowest BCUT2D eigenvalue weighted by Crippen LogP contribution is -2.05. The fraction of sp³-hybridized carbons (Fsp3) is 0.400. The molecule has 0 saturated heterocycles. The molecule has 0 saturated carbocycles. The number of alkyl halides is 1. The number of hydrogen-bond acceptors (Lipinski definition) is 2. The van der Waals surface area contributed by atoms with Crippen LogP contribution < -0.4 is 4.74 Å². The maximum absolute atomic E-state index is 6.23. The molecule has 0 spiro atoms. The number of ether oxygens (including phenoxy) is 1. The summed E-state index contributed by atoms with van der Waals surface area (Å²) >= 11 is 9.80. The van der Waals surface area contributed by atoms with Gasteiger partial charge in [0, 0.05) is 15.7 Å². The molecule has 0 aliphatic heterocycles. The lowest BCUT2D eigenvalue weighted by atomic mass is 10.1. The summed E-state index contributed by atoms with van der Waals surface area (Å²) in [7, 11) is 1.67. The topological polar surface area (TPSA) is 27.1 Å². The summed E-state index contributed by atoms with van der Waals surface area (Å²) in [6.45, 7) is 6.72. The van der Waals surface area contributed by atoms with E-state index in [-0.39, 0.29) is 5.38 Å². The van der Waals surface area contributed by atoms with Crippen molar-refractivity contribution in [3.8, 4) is 5.75 Å². The number of rotatable bonds is 4. The fourth-order valence-corrected chi connectivity index (χ4v) is 3.09. The maximum atomic E-state index is 6.23. The molecule has 0 fully saturated rings. The van der Waals surface area contributed by atoms with Gasteiger partial charge in [-0.3, -0.25) is 4.68 Å². The second-order valence-electron chi connectivity index (χ2n) is 4.82. The average molecular weight is 358 g/mol. The van der Waals surface area contributed by atoms with E-state index in [1.54, 1.807) is 7.11 Å². The van der Waals surface area contributed by atoms with E-state index in [1.165, 1.54) is 0 Å². The number of nitrogens with zero attached hydrogens (tertiary/aromatic N) is 2. The molecule has 0 radical (unpaired) electrons. The normalized spacial score (nSPS) is 12.5. The first-order valence-electron chi connectivity index (χ1n) is 6.44. The Morgan fingerprint density at radius 2 is 2.10 bits per heavy atom. The fourth-order valence-electron chi connectivity index (χ4n) is 2.40. The molecule has 0 N–H and O–H groups in total. The molecule has 1 heterocycles. The van der Waals surface area contributed by atoms with Gasteiger partial charge in [0.15, 0.2) is 0 Å². The molecule has 1 aromatic carbocycles. The van der Waals surface area contributed by atoms with Crippen molar-refractivity contribution in [2.75, 3.05) is 7.11 Å². The molecule has 20 heavy (non-hydrogen) atoms. The van der Waals surface area contributed by atoms with Gasteiger partial charge >= 0.3 is 0 Å². The van der Waals surface area contributed by atoms with Crippen LogP contribution in [0.2, 0.25) is 0 Å². The molecular weight excluding hydrogens is 340 g/mol. The highest BCUT2D eigenvalue weighted by Gasteiger charge is 2.16. The van der Waals surface area contributed by atoms with E-state index in [2.05, 4.69) is 28.0 Å². The van der Waals surface area contributed by atoms with Crippen molar-refractivity contribution in [2.45, 2.75) is 32.7 Å². The van der Waals surface area contributed by atoms with E-state index in [4.69, 9.17) is 16.3 Å². The van der Waals surface area contributed by atoms with Gasteiger partial charge in [-0.15, -0.1) is 11.6 Å². The lowest BCUT2D eigenvalue weighted by molar-refractivity contribution is 0.414. The zero-order valence-corrected chi connectivity index (χ0v) is 14.4. The molecule has 1 unspecified atom stereocenters. The highest BCUT2D eigenvalue weighted by molar-refractivity contribution is 9.10. The Labute approximate surface area is 133 Å². The number of benzene rings is 1. The van der Waals surface area contributed by atoms with Gasteiger partial charge in [0.25, 0.3) is 0 Å². The molecule has 0 amide bonds. The minimum Gasteiger partial charge on any atom is -0.497 e. The summed E-state index contributed by atoms with van der Waals surface area (Å²) in [6, 6.07) is 5.94. The summed E-state index contributed by atoms with van der Waals surface area (Å²) in [5.41, 5.74) is 4.35. The second-order valence-corrected chi connectivity index (χ2v) is 6.32. The molecule has 0 aliphatic rings. The SMILES string of the molecule is COc1ccc(Br)c(Cn2nc(C)c(C(C)Cl)c2C)c1. The number of aryl methyl sites for hydroxylation is 1. The molecule has 2 aromatic rings. The molecule has 108 valence electrons. The highest BCUT2D eigenvalue weighted by Crippen LogP contribution is 2.28. The number of methoxy groups -OCH3 is 1. The van der Waals surface area contributed by atoms with Crippen LogP contribution in [0.15, 0.2) is 22.7 Å². The van der Waals surface area contributed by atoms with Crippen LogP contribution in [0.1, 0.15) is 34.8 Å². The molecule has 0 aliphatic carbocycles. The van der Waals surface area contributed by atoms with Crippen LogP contribution >= 0.6 is 27.5 Å². The van der Waals surface area contributed by atoms with Crippen molar-refractivity contribution in [1.29, 1.82) is 0 Å². The van der Waals surface area contributed by atoms with Gasteiger partial charge in [0.2, 0.25) is 0 Å². The number of halogens is 2. The van der Waals surface area contributed by atoms with Crippen LogP contribution in [0.3, 0.4) is 0 Å². The summed E-state index contributed by atoms with van der Waals surface area (Å²) in [4.78, 5) is 0. The monoisotopic (exact) mass is 356 g/mol. The first-order valence-corrected chi connectivity index (χ1v) is 7.67. The van der Waals surface area contributed by atoms with Crippen molar-refractivity contribution in [2.24, 2.45) is 0 Å². The number of hydrogen-bond donors (Lipinski definition) is 0. The smallest absolute Gasteiger partial charge is 0.119 e. The second kappa shape index (κ2) is 6.19. The largest absolute Gasteiger partial charge is 0.497 e. The Balaban J connectivity index is 2.38. The summed E-state index contributed by atoms with van der Waals surface area (Å²) in [5.74, 6) is 0.843. The quantitative estimate of drug-likeness (QED) is 0.747. The van der Waals surface area contributed by atoms with Gasteiger partial charge in [0.1, 0.15) is 5.75 Å². The van der Waals surface area contributed by atoms with Gasteiger partial charge in [-0.2, -0.15) is 5.10 Å².